The SMILES string of the molecule is O=C(CSc1ccc(Cl)cc1)NNC(=O)Cc1cccc(F)c1. The quantitative estimate of drug-likeness (QED) is 0.642. The summed E-state index contributed by atoms with van der Waals surface area (Å²) in [6, 6.07) is 12.8. The van der Waals surface area contributed by atoms with Gasteiger partial charge in [0.05, 0.1) is 12.2 Å². The van der Waals surface area contributed by atoms with Crippen LogP contribution in [-0.2, 0) is 16.0 Å². The molecule has 0 saturated carbocycles. The third kappa shape index (κ3) is 6.30. The first-order valence-electron chi connectivity index (χ1n) is 6.73. The lowest BCUT2D eigenvalue weighted by Gasteiger charge is -2.07. The van der Waals surface area contributed by atoms with Gasteiger partial charge < -0.3 is 0 Å². The predicted octanol–water partition coefficient (Wildman–Crippen LogP) is 2.96. The fourth-order valence-electron chi connectivity index (χ4n) is 1.73. The Labute approximate surface area is 142 Å². The Morgan fingerprint density at radius 3 is 2.43 bits per heavy atom. The summed E-state index contributed by atoms with van der Waals surface area (Å²) in [5.41, 5.74) is 5.15. The molecule has 0 aliphatic rings. The number of hydrazine groups is 1. The number of thioether (sulfide) groups is 1. The minimum atomic E-state index is -0.416. The zero-order valence-corrected chi connectivity index (χ0v) is 13.6. The summed E-state index contributed by atoms with van der Waals surface area (Å²) in [5.74, 6) is -1.00. The van der Waals surface area contributed by atoms with Crippen LogP contribution in [0, 0.1) is 5.82 Å². The van der Waals surface area contributed by atoms with E-state index in [2.05, 4.69) is 10.9 Å². The molecule has 0 radical (unpaired) electrons. The Hall–Kier alpha value is -2.05. The van der Waals surface area contributed by atoms with E-state index in [0.29, 0.717) is 10.6 Å². The Balaban J connectivity index is 1.71. The molecule has 120 valence electrons. The van der Waals surface area contributed by atoms with E-state index in [-0.39, 0.29) is 18.1 Å². The summed E-state index contributed by atoms with van der Waals surface area (Å²) >= 11 is 7.10. The third-order valence-electron chi connectivity index (χ3n) is 2.78. The zero-order chi connectivity index (χ0) is 16.7. The predicted molar refractivity (Wildman–Crippen MR) is 88.6 cm³/mol. The lowest BCUT2D eigenvalue weighted by molar-refractivity contribution is -0.127. The number of carbonyl (C=O) groups excluding carboxylic acids is 2. The number of rotatable bonds is 5. The maximum Gasteiger partial charge on any atom is 0.248 e. The van der Waals surface area contributed by atoms with Crippen LogP contribution in [0.25, 0.3) is 0 Å². The van der Waals surface area contributed by atoms with Gasteiger partial charge in [-0.3, -0.25) is 20.4 Å². The van der Waals surface area contributed by atoms with Crippen molar-refractivity contribution in [1.82, 2.24) is 10.9 Å². The highest BCUT2D eigenvalue weighted by Crippen LogP contribution is 2.19. The van der Waals surface area contributed by atoms with Crippen LogP contribution in [0.5, 0.6) is 0 Å². The van der Waals surface area contributed by atoms with Gasteiger partial charge in [0.25, 0.3) is 0 Å². The fraction of sp³-hybridized carbons (Fsp3) is 0.125. The summed E-state index contributed by atoms with van der Waals surface area (Å²) < 4.78 is 13.0. The molecule has 23 heavy (non-hydrogen) atoms. The first-order chi connectivity index (χ1) is 11.0. The van der Waals surface area contributed by atoms with E-state index in [9.17, 15) is 14.0 Å². The standard InChI is InChI=1S/C16H14ClFN2O2S/c17-12-4-6-14(7-5-12)23-10-16(22)20-19-15(21)9-11-2-1-3-13(18)8-11/h1-8H,9-10H2,(H,19,21)(H,20,22). The normalized spacial score (nSPS) is 10.2. The van der Waals surface area contributed by atoms with E-state index >= 15 is 0 Å². The first kappa shape index (κ1) is 17.3. The molecule has 2 rings (SSSR count). The summed E-state index contributed by atoms with van der Waals surface area (Å²) in [4.78, 5) is 24.2. The van der Waals surface area contributed by atoms with Crippen LogP contribution >= 0.6 is 23.4 Å². The van der Waals surface area contributed by atoms with Crippen LogP contribution < -0.4 is 10.9 Å². The second-order valence-electron chi connectivity index (χ2n) is 4.65. The molecule has 0 aliphatic carbocycles. The van der Waals surface area contributed by atoms with E-state index < -0.39 is 11.7 Å². The van der Waals surface area contributed by atoms with Gasteiger partial charge in [-0.05, 0) is 42.0 Å². The van der Waals surface area contributed by atoms with E-state index in [1.165, 1.54) is 30.0 Å². The van der Waals surface area contributed by atoms with E-state index in [4.69, 9.17) is 11.6 Å². The molecule has 0 spiro atoms. The molecule has 2 aromatic carbocycles. The lowest BCUT2D eigenvalue weighted by Crippen LogP contribution is -2.43. The van der Waals surface area contributed by atoms with E-state index in [0.717, 1.165) is 4.90 Å². The van der Waals surface area contributed by atoms with Crippen molar-refractivity contribution in [2.45, 2.75) is 11.3 Å². The summed E-state index contributed by atoms with van der Waals surface area (Å²) in [6.45, 7) is 0. The van der Waals surface area contributed by atoms with Gasteiger partial charge in [-0.25, -0.2) is 4.39 Å². The van der Waals surface area contributed by atoms with Gasteiger partial charge in [0.15, 0.2) is 0 Å². The number of hydrogen-bond donors (Lipinski definition) is 2. The van der Waals surface area contributed by atoms with Crippen LogP contribution in [-0.4, -0.2) is 17.6 Å². The largest absolute Gasteiger partial charge is 0.273 e. The Morgan fingerprint density at radius 1 is 1.04 bits per heavy atom. The van der Waals surface area contributed by atoms with Gasteiger partial charge in [-0.1, -0.05) is 23.7 Å². The zero-order valence-electron chi connectivity index (χ0n) is 12.0. The van der Waals surface area contributed by atoms with Crippen molar-refractivity contribution in [2.24, 2.45) is 0 Å². The topological polar surface area (TPSA) is 58.2 Å². The third-order valence-corrected chi connectivity index (χ3v) is 4.04. The summed E-state index contributed by atoms with van der Waals surface area (Å²) in [7, 11) is 0. The Morgan fingerprint density at radius 2 is 1.74 bits per heavy atom. The van der Waals surface area contributed by atoms with E-state index in [1.807, 2.05) is 12.1 Å². The number of carbonyl (C=O) groups is 2. The Kier molecular flexibility index (Phi) is 6.43. The van der Waals surface area contributed by atoms with E-state index in [1.54, 1.807) is 18.2 Å². The molecule has 0 aromatic heterocycles. The van der Waals surface area contributed by atoms with Gasteiger partial charge >= 0.3 is 0 Å². The van der Waals surface area contributed by atoms with Gasteiger partial charge in [0, 0.05) is 9.92 Å². The van der Waals surface area contributed by atoms with Gasteiger partial charge in [-0.2, -0.15) is 0 Å². The molecule has 0 atom stereocenters. The maximum absolute atomic E-state index is 13.0. The highest BCUT2D eigenvalue weighted by molar-refractivity contribution is 8.00. The molecule has 4 nitrogen and oxygen atoms in total. The van der Waals surface area contributed by atoms with Gasteiger partial charge in [0.1, 0.15) is 5.82 Å². The average molecular weight is 353 g/mol. The van der Waals surface area contributed by atoms with Crippen LogP contribution in [0.2, 0.25) is 5.02 Å². The summed E-state index contributed by atoms with van der Waals surface area (Å²) in [6.07, 6.45) is -0.0115. The molecule has 0 saturated heterocycles. The molecule has 0 aliphatic heterocycles. The molecule has 7 heteroatoms. The molecule has 0 bridgehead atoms. The summed E-state index contributed by atoms with van der Waals surface area (Å²) in [5, 5.41) is 0.628. The van der Waals surface area contributed by atoms with Crippen LogP contribution in [0.1, 0.15) is 5.56 Å². The molecule has 0 unspecified atom stereocenters. The number of amides is 2. The lowest BCUT2D eigenvalue weighted by atomic mass is 10.1. The second kappa shape index (κ2) is 8.55. The van der Waals surface area contributed by atoms with Crippen molar-refractivity contribution >= 4 is 35.2 Å². The molecule has 0 heterocycles. The molecular weight excluding hydrogens is 339 g/mol. The van der Waals surface area contributed by atoms with Gasteiger partial charge in [0.2, 0.25) is 11.8 Å². The minimum Gasteiger partial charge on any atom is -0.273 e. The molecule has 2 aromatic rings. The van der Waals surface area contributed by atoms with Crippen molar-refractivity contribution < 1.29 is 14.0 Å². The van der Waals surface area contributed by atoms with Crippen LogP contribution in [0.15, 0.2) is 53.4 Å². The first-order valence-corrected chi connectivity index (χ1v) is 8.10. The molecular formula is C16H14ClFN2O2S. The number of nitrogens with one attached hydrogen (secondary N) is 2. The number of hydrogen-bond acceptors (Lipinski definition) is 3. The minimum absolute atomic E-state index is 0.0115. The van der Waals surface area contributed by atoms with Crippen molar-refractivity contribution in [1.29, 1.82) is 0 Å². The Bertz CT molecular complexity index is 695. The second-order valence-corrected chi connectivity index (χ2v) is 6.13. The smallest absolute Gasteiger partial charge is 0.248 e. The highest BCUT2D eigenvalue weighted by Gasteiger charge is 2.07. The van der Waals surface area contributed by atoms with Crippen molar-refractivity contribution in [3.05, 3.63) is 64.9 Å². The monoisotopic (exact) mass is 352 g/mol. The fourth-order valence-corrected chi connectivity index (χ4v) is 2.56. The van der Waals surface area contributed by atoms with Crippen LogP contribution in [0.3, 0.4) is 0 Å². The maximum atomic E-state index is 13.0. The number of benzene rings is 2. The number of halogens is 2. The van der Waals surface area contributed by atoms with Gasteiger partial charge in [-0.15, -0.1) is 11.8 Å². The molecule has 2 N–H and O–H groups in total. The van der Waals surface area contributed by atoms with Crippen molar-refractivity contribution in [3.63, 3.8) is 0 Å². The average Bonchev–Trinajstić information content (AvgIpc) is 2.52. The molecule has 2 amide bonds. The van der Waals surface area contributed by atoms with Crippen molar-refractivity contribution in [2.75, 3.05) is 5.75 Å². The van der Waals surface area contributed by atoms with Crippen LogP contribution in [0.4, 0.5) is 4.39 Å². The molecule has 0 fully saturated rings. The van der Waals surface area contributed by atoms with Crippen molar-refractivity contribution in [3.8, 4) is 0 Å². The highest BCUT2D eigenvalue weighted by atomic mass is 35.5.